The molecule has 0 bridgehead atoms. The van der Waals surface area contributed by atoms with Crippen molar-refractivity contribution in [3.63, 3.8) is 0 Å². The molecule has 1 N–H and O–H groups in total. The summed E-state index contributed by atoms with van der Waals surface area (Å²) in [5.41, 5.74) is 2.72. The molecule has 0 atom stereocenters. The zero-order chi connectivity index (χ0) is 13.2. The van der Waals surface area contributed by atoms with Crippen LogP contribution >= 0.6 is 0 Å². The predicted molar refractivity (Wildman–Crippen MR) is 74.4 cm³/mol. The van der Waals surface area contributed by atoms with E-state index in [1.807, 2.05) is 0 Å². The highest BCUT2D eigenvalue weighted by molar-refractivity contribution is 5.28. The minimum atomic E-state index is -0.0529. The number of hydrogen-bond acceptors (Lipinski definition) is 2. The summed E-state index contributed by atoms with van der Waals surface area (Å²) in [6.07, 6.45) is 2.11. The van der Waals surface area contributed by atoms with Gasteiger partial charge in [0.25, 0.3) is 0 Å². The highest BCUT2D eigenvalue weighted by Gasteiger charge is 2.42. The minimum absolute atomic E-state index is 0.0529. The third-order valence-corrected chi connectivity index (χ3v) is 3.92. The lowest BCUT2D eigenvalue weighted by molar-refractivity contribution is 0.443. The molecule has 2 rings (SSSR count). The van der Waals surface area contributed by atoms with E-state index in [1.165, 1.54) is 11.1 Å². The van der Waals surface area contributed by atoms with Gasteiger partial charge in [0.05, 0.1) is 11.5 Å². The summed E-state index contributed by atoms with van der Waals surface area (Å²) >= 11 is 0. The largest absolute Gasteiger partial charge is 0.314 e. The van der Waals surface area contributed by atoms with Gasteiger partial charge in [0.15, 0.2) is 0 Å². The van der Waals surface area contributed by atoms with Crippen LogP contribution in [0.3, 0.4) is 0 Å². The molecule has 1 aliphatic carbocycles. The van der Waals surface area contributed by atoms with E-state index in [0.717, 1.165) is 25.9 Å². The molecule has 18 heavy (non-hydrogen) atoms. The summed E-state index contributed by atoms with van der Waals surface area (Å²) in [6, 6.07) is 11.1. The monoisotopic (exact) mass is 242 g/mol. The molecule has 0 aliphatic heterocycles. The van der Waals surface area contributed by atoms with E-state index in [0.29, 0.717) is 0 Å². The van der Waals surface area contributed by atoms with E-state index in [-0.39, 0.29) is 10.8 Å². The standard InChI is InChI=1S/C16H22N2/c1-13-5-4-6-14(9-13)15(2,3)11-18-12-16(10-17)7-8-16/h4-6,9,18H,7-8,11-12H2,1-3H3. The quantitative estimate of drug-likeness (QED) is 0.861. The maximum atomic E-state index is 9.05. The lowest BCUT2D eigenvalue weighted by atomic mass is 9.84. The van der Waals surface area contributed by atoms with Crippen LogP contribution in [0, 0.1) is 23.7 Å². The van der Waals surface area contributed by atoms with Crippen molar-refractivity contribution in [1.29, 1.82) is 5.26 Å². The van der Waals surface area contributed by atoms with Gasteiger partial charge >= 0.3 is 0 Å². The zero-order valence-electron chi connectivity index (χ0n) is 11.6. The number of nitriles is 1. The van der Waals surface area contributed by atoms with Crippen molar-refractivity contribution in [1.82, 2.24) is 5.32 Å². The molecule has 0 unspecified atom stereocenters. The van der Waals surface area contributed by atoms with E-state index in [4.69, 9.17) is 5.26 Å². The molecule has 96 valence electrons. The number of aryl methyl sites for hydroxylation is 1. The van der Waals surface area contributed by atoms with Gasteiger partial charge in [0.2, 0.25) is 0 Å². The van der Waals surface area contributed by atoms with Crippen LogP contribution in [-0.2, 0) is 5.41 Å². The first kappa shape index (κ1) is 13.1. The maximum Gasteiger partial charge on any atom is 0.0703 e. The van der Waals surface area contributed by atoms with Crippen molar-refractivity contribution in [2.24, 2.45) is 5.41 Å². The fourth-order valence-electron chi connectivity index (χ4n) is 2.26. The van der Waals surface area contributed by atoms with Gasteiger partial charge < -0.3 is 5.32 Å². The molecular weight excluding hydrogens is 220 g/mol. The molecule has 2 heteroatoms. The van der Waals surface area contributed by atoms with Crippen LogP contribution in [0.4, 0.5) is 0 Å². The molecule has 1 aromatic rings. The molecule has 0 saturated heterocycles. The fraction of sp³-hybridized carbons (Fsp3) is 0.562. The van der Waals surface area contributed by atoms with Gasteiger partial charge in [0.1, 0.15) is 0 Å². The molecule has 1 saturated carbocycles. The Labute approximate surface area is 110 Å². The summed E-state index contributed by atoms with van der Waals surface area (Å²) in [6.45, 7) is 8.38. The number of nitrogens with one attached hydrogen (secondary N) is 1. The molecule has 0 radical (unpaired) electrons. The van der Waals surface area contributed by atoms with E-state index < -0.39 is 0 Å². The van der Waals surface area contributed by atoms with Crippen LogP contribution in [0.15, 0.2) is 24.3 Å². The summed E-state index contributed by atoms with van der Waals surface area (Å²) < 4.78 is 0. The van der Waals surface area contributed by atoms with Gasteiger partial charge in [-0.3, -0.25) is 0 Å². The molecule has 1 aliphatic rings. The normalized spacial score (nSPS) is 17.2. The van der Waals surface area contributed by atoms with Crippen molar-refractivity contribution < 1.29 is 0 Å². The molecule has 1 aromatic carbocycles. The lowest BCUT2D eigenvalue weighted by Crippen LogP contribution is -2.36. The highest BCUT2D eigenvalue weighted by Crippen LogP contribution is 2.44. The molecule has 0 aromatic heterocycles. The molecule has 0 heterocycles. The smallest absolute Gasteiger partial charge is 0.0703 e. The Bertz CT molecular complexity index is 464. The average molecular weight is 242 g/mol. The summed E-state index contributed by atoms with van der Waals surface area (Å²) in [4.78, 5) is 0. The Hall–Kier alpha value is -1.33. The van der Waals surface area contributed by atoms with Crippen molar-refractivity contribution >= 4 is 0 Å². The Morgan fingerprint density at radius 1 is 1.39 bits per heavy atom. The number of nitrogens with zero attached hydrogens (tertiary/aromatic N) is 1. The molecular formula is C16H22N2. The van der Waals surface area contributed by atoms with Crippen molar-refractivity contribution in [3.05, 3.63) is 35.4 Å². The Balaban J connectivity index is 1.93. The van der Waals surface area contributed by atoms with Crippen LogP contribution in [0.2, 0.25) is 0 Å². The topological polar surface area (TPSA) is 35.8 Å². The maximum absolute atomic E-state index is 9.05. The Morgan fingerprint density at radius 3 is 2.67 bits per heavy atom. The van der Waals surface area contributed by atoms with Gasteiger partial charge in [-0.1, -0.05) is 43.7 Å². The predicted octanol–water partition coefficient (Wildman–Crippen LogP) is 3.17. The molecule has 0 amide bonds. The van der Waals surface area contributed by atoms with Crippen LogP contribution in [-0.4, -0.2) is 13.1 Å². The second-order valence-electron chi connectivity index (χ2n) is 6.25. The van der Waals surface area contributed by atoms with Crippen LogP contribution in [0.25, 0.3) is 0 Å². The number of hydrogen-bond donors (Lipinski definition) is 1. The summed E-state index contributed by atoms with van der Waals surface area (Å²) in [5, 5.41) is 12.5. The third kappa shape index (κ3) is 2.91. The first-order chi connectivity index (χ1) is 8.47. The van der Waals surface area contributed by atoms with E-state index in [9.17, 15) is 0 Å². The highest BCUT2D eigenvalue weighted by atomic mass is 14.9. The number of benzene rings is 1. The number of rotatable bonds is 5. The van der Waals surface area contributed by atoms with Gasteiger partial charge in [0, 0.05) is 18.5 Å². The van der Waals surface area contributed by atoms with E-state index in [2.05, 4.69) is 56.4 Å². The van der Waals surface area contributed by atoms with E-state index >= 15 is 0 Å². The second kappa shape index (κ2) is 4.74. The average Bonchev–Trinajstić information content (AvgIpc) is 3.09. The summed E-state index contributed by atoms with van der Waals surface area (Å²) in [7, 11) is 0. The van der Waals surface area contributed by atoms with Crippen molar-refractivity contribution in [2.75, 3.05) is 13.1 Å². The molecule has 0 spiro atoms. The van der Waals surface area contributed by atoms with Crippen molar-refractivity contribution in [3.8, 4) is 6.07 Å². The second-order valence-corrected chi connectivity index (χ2v) is 6.25. The lowest BCUT2D eigenvalue weighted by Gasteiger charge is -2.26. The zero-order valence-corrected chi connectivity index (χ0v) is 11.6. The van der Waals surface area contributed by atoms with Gasteiger partial charge in [-0.2, -0.15) is 5.26 Å². The first-order valence-electron chi connectivity index (χ1n) is 6.67. The third-order valence-electron chi connectivity index (χ3n) is 3.92. The van der Waals surface area contributed by atoms with Crippen LogP contribution in [0.1, 0.15) is 37.8 Å². The summed E-state index contributed by atoms with van der Waals surface area (Å²) in [5.74, 6) is 0. The van der Waals surface area contributed by atoms with Gasteiger partial charge in [-0.05, 0) is 25.3 Å². The first-order valence-corrected chi connectivity index (χ1v) is 6.67. The fourth-order valence-corrected chi connectivity index (χ4v) is 2.26. The minimum Gasteiger partial charge on any atom is -0.314 e. The van der Waals surface area contributed by atoms with E-state index in [1.54, 1.807) is 0 Å². The molecule has 2 nitrogen and oxygen atoms in total. The van der Waals surface area contributed by atoms with Gasteiger partial charge in [-0.15, -0.1) is 0 Å². The van der Waals surface area contributed by atoms with Crippen LogP contribution in [0.5, 0.6) is 0 Å². The van der Waals surface area contributed by atoms with Crippen molar-refractivity contribution in [2.45, 2.75) is 39.0 Å². The Kier molecular flexibility index (Phi) is 3.45. The van der Waals surface area contributed by atoms with Gasteiger partial charge in [-0.25, -0.2) is 0 Å². The SMILES string of the molecule is Cc1cccc(C(C)(C)CNCC2(C#N)CC2)c1. The Morgan fingerprint density at radius 2 is 2.11 bits per heavy atom. The van der Waals surface area contributed by atoms with Crippen LogP contribution < -0.4 is 5.32 Å². The molecule has 1 fully saturated rings.